The Hall–Kier alpha value is -2.96. The summed E-state index contributed by atoms with van der Waals surface area (Å²) < 4.78 is 16.2. The van der Waals surface area contributed by atoms with Crippen molar-refractivity contribution in [3.63, 3.8) is 0 Å². The number of carbonyl (C=O) groups excluding carboxylic acids is 1. The molecule has 0 bridgehead atoms. The lowest BCUT2D eigenvalue weighted by Crippen LogP contribution is -2.28. The number of halogens is 1. The lowest BCUT2D eigenvalue weighted by molar-refractivity contribution is -0.116. The fourth-order valence-electron chi connectivity index (χ4n) is 2.92. The molecular weight excluding hydrogens is 311 g/mol. The van der Waals surface area contributed by atoms with Crippen LogP contribution >= 0.6 is 0 Å². The van der Waals surface area contributed by atoms with E-state index in [0.29, 0.717) is 11.3 Å². The molecule has 1 N–H and O–H groups in total. The van der Waals surface area contributed by atoms with Crippen molar-refractivity contribution in [3.8, 4) is 0 Å². The van der Waals surface area contributed by atoms with E-state index in [1.54, 1.807) is 17.8 Å². The molecule has 0 unspecified atom stereocenters. The van der Waals surface area contributed by atoms with E-state index in [-0.39, 0.29) is 12.1 Å². The van der Waals surface area contributed by atoms with Crippen LogP contribution in [-0.2, 0) is 18.4 Å². The van der Waals surface area contributed by atoms with Crippen LogP contribution in [0.3, 0.4) is 0 Å². The second kappa shape index (κ2) is 5.92. The first-order valence-electron chi connectivity index (χ1n) is 7.46. The summed E-state index contributed by atoms with van der Waals surface area (Å²) in [7, 11) is 1.73. The van der Waals surface area contributed by atoms with Gasteiger partial charge in [0.1, 0.15) is 18.0 Å². The van der Waals surface area contributed by atoms with Crippen LogP contribution in [0.15, 0.2) is 35.1 Å². The Morgan fingerprint density at radius 2 is 2.04 bits per heavy atom. The van der Waals surface area contributed by atoms with Crippen LogP contribution in [0.4, 0.5) is 10.1 Å². The molecule has 0 aliphatic carbocycles. The molecule has 6 nitrogen and oxygen atoms in total. The number of fused-ring (bicyclic) bond motifs is 1. The van der Waals surface area contributed by atoms with Gasteiger partial charge in [0.2, 0.25) is 5.91 Å². The number of hydrogen-bond donors (Lipinski definition) is 1. The summed E-state index contributed by atoms with van der Waals surface area (Å²) in [4.78, 5) is 24.6. The molecule has 1 aromatic carbocycles. The molecule has 3 aromatic rings. The predicted molar refractivity (Wildman–Crippen MR) is 89.5 cm³/mol. The zero-order valence-electron chi connectivity index (χ0n) is 13.6. The van der Waals surface area contributed by atoms with Gasteiger partial charge >= 0.3 is 0 Å². The average Bonchev–Trinajstić information content (AvgIpc) is 2.78. The molecule has 2 heterocycles. The fraction of sp³-hybridized carbons (Fsp3) is 0.235. The van der Waals surface area contributed by atoms with Gasteiger partial charge in [-0.05, 0) is 37.6 Å². The summed E-state index contributed by atoms with van der Waals surface area (Å²) in [5.41, 5.74) is 2.27. The first-order chi connectivity index (χ1) is 11.4. The third-order valence-corrected chi connectivity index (χ3v) is 3.86. The quantitative estimate of drug-likeness (QED) is 0.801. The van der Waals surface area contributed by atoms with Crippen LogP contribution in [0.5, 0.6) is 0 Å². The topological polar surface area (TPSA) is 68.9 Å². The lowest BCUT2D eigenvalue weighted by Gasteiger charge is -2.11. The molecule has 0 fully saturated rings. The van der Waals surface area contributed by atoms with Crippen LogP contribution in [0, 0.1) is 19.7 Å². The second-order valence-electron chi connectivity index (χ2n) is 5.72. The van der Waals surface area contributed by atoms with Gasteiger partial charge in [-0.15, -0.1) is 0 Å². The van der Waals surface area contributed by atoms with Gasteiger partial charge in [-0.2, -0.15) is 5.10 Å². The zero-order chi connectivity index (χ0) is 17.4. The standard InChI is InChI=1S/C17H17FN4O2/c1-10-7-15(24)22(17-16(10)11(2)20-21(17)3)9-14(23)19-13-6-4-5-12(18)8-13/h4-8H,9H2,1-3H3,(H,19,23). The zero-order valence-corrected chi connectivity index (χ0v) is 13.6. The number of benzene rings is 1. The van der Waals surface area contributed by atoms with E-state index < -0.39 is 11.7 Å². The van der Waals surface area contributed by atoms with Gasteiger partial charge in [-0.1, -0.05) is 6.07 Å². The van der Waals surface area contributed by atoms with Crippen LogP contribution in [0.2, 0.25) is 0 Å². The maximum absolute atomic E-state index is 13.2. The molecule has 24 heavy (non-hydrogen) atoms. The highest BCUT2D eigenvalue weighted by Gasteiger charge is 2.16. The highest BCUT2D eigenvalue weighted by Crippen LogP contribution is 2.19. The lowest BCUT2D eigenvalue weighted by atomic mass is 10.1. The number of amides is 1. The SMILES string of the molecule is Cc1cc(=O)n(CC(=O)Nc2cccc(F)c2)c2c1c(C)nn2C. The number of hydrogen-bond acceptors (Lipinski definition) is 3. The fourth-order valence-corrected chi connectivity index (χ4v) is 2.92. The summed E-state index contributed by atoms with van der Waals surface area (Å²) in [6.45, 7) is 3.53. The van der Waals surface area contributed by atoms with E-state index >= 15 is 0 Å². The number of nitrogens with zero attached hydrogens (tertiary/aromatic N) is 3. The van der Waals surface area contributed by atoms with Gasteiger partial charge in [-0.3, -0.25) is 18.8 Å². The molecule has 1 amide bonds. The predicted octanol–water partition coefficient (Wildman–Crippen LogP) is 2.13. The molecule has 0 aliphatic rings. The number of aromatic nitrogens is 3. The number of rotatable bonds is 3. The molecule has 0 radical (unpaired) electrons. The minimum Gasteiger partial charge on any atom is -0.324 e. The largest absolute Gasteiger partial charge is 0.324 e. The Morgan fingerprint density at radius 3 is 2.75 bits per heavy atom. The first-order valence-corrected chi connectivity index (χ1v) is 7.46. The maximum atomic E-state index is 13.2. The highest BCUT2D eigenvalue weighted by molar-refractivity contribution is 5.92. The summed E-state index contributed by atoms with van der Waals surface area (Å²) in [6.07, 6.45) is 0. The van der Waals surface area contributed by atoms with Crippen molar-refractivity contribution in [1.82, 2.24) is 14.3 Å². The number of aryl methyl sites for hydroxylation is 3. The van der Waals surface area contributed by atoms with Crippen molar-refractivity contribution in [2.75, 3.05) is 5.32 Å². The van der Waals surface area contributed by atoms with Crippen LogP contribution < -0.4 is 10.9 Å². The molecule has 124 valence electrons. The summed E-state index contributed by atoms with van der Waals surface area (Å²) in [5.74, 6) is -0.850. The van der Waals surface area contributed by atoms with Gasteiger partial charge in [-0.25, -0.2) is 4.39 Å². The van der Waals surface area contributed by atoms with Gasteiger partial charge in [0, 0.05) is 24.2 Å². The molecule has 3 rings (SSSR count). The van der Waals surface area contributed by atoms with E-state index in [0.717, 1.165) is 16.6 Å². The number of nitrogens with one attached hydrogen (secondary N) is 1. The molecule has 0 saturated carbocycles. The van der Waals surface area contributed by atoms with Gasteiger partial charge in [0.05, 0.1) is 5.69 Å². The molecule has 0 spiro atoms. The summed E-state index contributed by atoms with van der Waals surface area (Å²) in [5, 5.41) is 7.78. The van der Waals surface area contributed by atoms with Crippen molar-refractivity contribution in [2.45, 2.75) is 20.4 Å². The molecular formula is C17H17FN4O2. The van der Waals surface area contributed by atoms with E-state index in [4.69, 9.17) is 0 Å². The third-order valence-electron chi connectivity index (χ3n) is 3.86. The Bertz CT molecular complexity index is 1000. The van der Waals surface area contributed by atoms with Crippen LogP contribution in [0.25, 0.3) is 11.0 Å². The Kier molecular flexibility index (Phi) is 3.92. The van der Waals surface area contributed by atoms with E-state index in [9.17, 15) is 14.0 Å². The second-order valence-corrected chi connectivity index (χ2v) is 5.72. The maximum Gasteiger partial charge on any atom is 0.252 e. The minimum atomic E-state index is -0.440. The minimum absolute atomic E-state index is 0.175. The summed E-state index contributed by atoms with van der Waals surface area (Å²) in [6, 6.07) is 7.10. The monoisotopic (exact) mass is 328 g/mol. The molecule has 0 atom stereocenters. The Labute approximate surface area is 137 Å². The number of pyridine rings is 1. The third kappa shape index (κ3) is 2.80. The van der Waals surface area contributed by atoms with E-state index in [2.05, 4.69) is 10.4 Å². The van der Waals surface area contributed by atoms with Crippen LogP contribution in [0.1, 0.15) is 11.3 Å². The first kappa shape index (κ1) is 15.9. The van der Waals surface area contributed by atoms with Crippen molar-refractivity contribution in [2.24, 2.45) is 7.05 Å². The highest BCUT2D eigenvalue weighted by atomic mass is 19.1. The van der Waals surface area contributed by atoms with E-state index in [1.165, 1.54) is 28.8 Å². The summed E-state index contributed by atoms with van der Waals surface area (Å²) >= 11 is 0. The number of carbonyl (C=O) groups is 1. The Morgan fingerprint density at radius 1 is 1.29 bits per heavy atom. The molecule has 0 saturated heterocycles. The van der Waals surface area contributed by atoms with E-state index in [1.807, 2.05) is 13.8 Å². The molecule has 2 aromatic heterocycles. The van der Waals surface area contributed by atoms with Crippen LogP contribution in [-0.4, -0.2) is 20.3 Å². The normalized spacial score (nSPS) is 11.0. The smallest absolute Gasteiger partial charge is 0.252 e. The van der Waals surface area contributed by atoms with Gasteiger partial charge in [0.25, 0.3) is 5.56 Å². The molecule has 0 aliphatic heterocycles. The van der Waals surface area contributed by atoms with Crippen molar-refractivity contribution in [3.05, 3.63) is 57.8 Å². The number of anilines is 1. The van der Waals surface area contributed by atoms with Crippen molar-refractivity contribution < 1.29 is 9.18 Å². The van der Waals surface area contributed by atoms with Gasteiger partial charge < -0.3 is 5.32 Å². The Balaban J connectivity index is 1.98. The van der Waals surface area contributed by atoms with Crippen molar-refractivity contribution in [1.29, 1.82) is 0 Å². The van der Waals surface area contributed by atoms with Gasteiger partial charge in [0.15, 0.2) is 0 Å². The molecule has 7 heteroatoms. The average molecular weight is 328 g/mol. The van der Waals surface area contributed by atoms with Crippen molar-refractivity contribution >= 4 is 22.6 Å².